The van der Waals surface area contributed by atoms with Gasteiger partial charge in [0.05, 0.1) is 0 Å². The number of benzene rings is 1. The molecule has 0 saturated carbocycles. The number of guanidine groups is 1. The molecule has 6 nitrogen and oxygen atoms in total. The van der Waals surface area contributed by atoms with Gasteiger partial charge < -0.3 is 15.6 Å². The van der Waals surface area contributed by atoms with E-state index in [-0.39, 0.29) is 6.54 Å². The molecule has 2 aromatic rings. The van der Waals surface area contributed by atoms with Gasteiger partial charge in [0, 0.05) is 17.1 Å². The Hall–Kier alpha value is -2.08. The maximum atomic E-state index is 5.85. The maximum absolute atomic E-state index is 5.85. The lowest BCUT2D eigenvalue weighted by Gasteiger charge is -2.06. The molecule has 1 aromatic carbocycles. The van der Waals surface area contributed by atoms with E-state index in [0.717, 1.165) is 18.5 Å². The van der Waals surface area contributed by atoms with Crippen LogP contribution in [0.4, 0.5) is 0 Å². The summed E-state index contributed by atoms with van der Waals surface area (Å²) in [6.45, 7) is 5.37. The standard InChI is InChI=1S/C15H20ClN5O/c1-10(2)7-8-18-15(17)19-9-13-20-14(21-22-13)11-3-5-12(16)6-4-11/h3-6,10H,7-9H2,1-2H3,(H3,17,18,19). The van der Waals surface area contributed by atoms with E-state index in [9.17, 15) is 0 Å². The maximum Gasteiger partial charge on any atom is 0.248 e. The molecule has 0 aliphatic carbocycles. The van der Waals surface area contributed by atoms with E-state index < -0.39 is 0 Å². The minimum atomic E-state index is 0.251. The number of aliphatic imine (C=N–C) groups is 1. The van der Waals surface area contributed by atoms with Gasteiger partial charge in [-0.15, -0.1) is 0 Å². The summed E-state index contributed by atoms with van der Waals surface area (Å²) in [6, 6.07) is 7.23. The molecule has 1 heterocycles. The predicted octanol–water partition coefficient (Wildman–Crippen LogP) is 2.84. The Morgan fingerprint density at radius 2 is 2.09 bits per heavy atom. The van der Waals surface area contributed by atoms with Crippen LogP contribution in [0.5, 0.6) is 0 Å². The Morgan fingerprint density at radius 3 is 2.77 bits per heavy atom. The van der Waals surface area contributed by atoms with Crippen molar-refractivity contribution in [2.75, 3.05) is 6.54 Å². The van der Waals surface area contributed by atoms with Crippen LogP contribution in [0, 0.1) is 5.92 Å². The molecule has 118 valence electrons. The number of rotatable bonds is 6. The molecule has 2 rings (SSSR count). The molecular formula is C15H20ClN5O. The van der Waals surface area contributed by atoms with E-state index in [0.29, 0.717) is 28.6 Å². The summed E-state index contributed by atoms with van der Waals surface area (Å²) in [5, 5.41) is 7.64. The molecule has 0 spiro atoms. The quantitative estimate of drug-likeness (QED) is 0.630. The largest absolute Gasteiger partial charge is 0.370 e. The zero-order valence-corrected chi connectivity index (χ0v) is 13.5. The minimum absolute atomic E-state index is 0.251. The Kier molecular flexibility index (Phi) is 5.77. The summed E-state index contributed by atoms with van der Waals surface area (Å²) in [4.78, 5) is 8.46. The molecular weight excluding hydrogens is 302 g/mol. The van der Waals surface area contributed by atoms with Crippen molar-refractivity contribution < 1.29 is 4.52 Å². The van der Waals surface area contributed by atoms with Crippen molar-refractivity contribution in [3.05, 3.63) is 35.2 Å². The summed E-state index contributed by atoms with van der Waals surface area (Å²) in [5.74, 6) is 1.93. The normalized spacial score (nSPS) is 11.9. The van der Waals surface area contributed by atoms with E-state index in [1.165, 1.54) is 0 Å². The van der Waals surface area contributed by atoms with Gasteiger partial charge >= 0.3 is 0 Å². The average molecular weight is 322 g/mol. The molecule has 1 aromatic heterocycles. The van der Waals surface area contributed by atoms with Crippen molar-refractivity contribution in [2.24, 2.45) is 16.6 Å². The summed E-state index contributed by atoms with van der Waals surface area (Å²) in [7, 11) is 0. The van der Waals surface area contributed by atoms with Gasteiger partial charge in [0.15, 0.2) is 5.96 Å². The first kappa shape index (κ1) is 16.3. The van der Waals surface area contributed by atoms with Crippen molar-refractivity contribution in [1.29, 1.82) is 0 Å². The summed E-state index contributed by atoms with van der Waals surface area (Å²) in [5.41, 5.74) is 6.62. The van der Waals surface area contributed by atoms with E-state index in [2.05, 4.69) is 34.3 Å². The zero-order valence-electron chi connectivity index (χ0n) is 12.7. The van der Waals surface area contributed by atoms with Crippen molar-refractivity contribution in [3.63, 3.8) is 0 Å². The molecule has 3 N–H and O–H groups in total. The zero-order chi connectivity index (χ0) is 15.9. The highest BCUT2D eigenvalue weighted by atomic mass is 35.5. The molecule has 0 amide bonds. The fraction of sp³-hybridized carbons (Fsp3) is 0.400. The highest BCUT2D eigenvalue weighted by Crippen LogP contribution is 2.18. The van der Waals surface area contributed by atoms with Crippen LogP contribution in [0.25, 0.3) is 11.4 Å². The highest BCUT2D eigenvalue weighted by molar-refractivity contribution is 6.30. The van der Waals surface area contributed by atoms with Crippen molar-refractivity contribution in [3.8, 4) is 11.4 Å². The third-order valence-electron chi connectivity index (χ3n) is 2.98. The molecule has 0 aliphatic rings. The Bertz CT molecular complexity index is 621. The monoisotopic (exact) mass is 321 g/mol. The molecule has 0 bridgehead atoms. The molecule has 22 heavy (non-hydrogen) atoms. The van der Waals surface area contributed by atoms with Crippen molar-refractivity contribution in [1.82, 2.24) is 15.5 Å². The molecule has 0 radical (unpaired) electrons. The van der Waals surface area contributed by atoms with Gasteiger partial charge in [0.25, 0.3) is 0 Å². The van der Waals surface area contributed by atoms with E-state index >= 15 is 0 Å². The summed E-state index contributed by atoms with van der Waals surface area (Å²) >= 11 is 5.85. The average Bonchev–Trinajstić information content (AvgIpc) is 2.94. The number of nitrogens with zero attached hydrogens (tertiary/aromatic N) is 3. The first-order chi connectivity index (χ1) is 10.5. The number of hydrogen-bond donors (Lipinski definition) is 2. The Labute approximate surface area is 134 Å². The number of halogens is 1. The second kappa shape index (κ2) is 7.79. The predicted molar refractivity (Wildman–Crippen MR) is 87.5 cm³/mol. The van der Waals surface area contributed by atoms with Gasteiger partial charge in [-0.1, -0.05) is 30.6 Å². The Balaban J connectivity index is 1.90. The topological polar surface area (TPSA) is 89.3 Å². The molecule has 0 aliphatic heterocycles. The van der Waals surface area contributed by atoms with Crippen LogP contribution >= 0.6 is 11.6 Å². The lowest BCUT2D eigenvalue weighted by molar-refractivity contribution is 0.381. The van der Waals surface area contributed by atoms with Gasteiger partial charge in [0.1, 0.15) is 6.54 Å². The van der Waals surface area contributed by atoms with Crippen LogP contribution in [0.1, 0.15) is 26.2 Å². The smallest absolute Gasteiger partial charge is 0.248 e. The number of aromatic nitrogens is 2. The van der Waals surface area contributed by atoms with Gasteiger partial charge in [-0.25, -0.2) is 4.99 Å². The van der Waals surface area contributed by atoms with Crippen LogP contribution in [0.2, 0.25) is 5.02 Å². The molecule has 0 saturated heterocycles. The van der Waals surface area contributed by atoms with Crippen LogP contribution in [-0.4, -0.2) is 22.6 Å². The molecule has 0 fully saturated rings. The van der Waals surface area contributed by atoms with Crippen LogP contribution in [-0.2, 0) is 6.54 Å². The van der Waals surface area contributed by atoms with Gasteiger partial charge in [0.2, 0.25) is 11.7 Å². The SMILES string of the molecule is CC(C)CCNC(N)=NCc1nc(-c2ccc(Cl)cc2)no1. The Morgan fingerprint density at radius 1 is 1.36 bits per heavy atom. The number of hydrogen-bond acceptors (Lipinski definition) is 4. The lowest BCUT2D eigenvalue weighted by Crippen LogP contribution is -2.32. The first-order valence-corrected chi connectivity index (χ1v) is 7.54. The minimum Gasteiger partial charge on any atom is -0.370 e. The number of nitrogens with two attached hydrogens (primary N) is 1. The molecule has 0 atom stereocenters. The first-order valence-electron chi connectivity index (χ1n) is 7.17. The van der Waals surface area contributed by atoms with Crippen molar-refractivity contribution in [2.45, 2.75) is 26.8 Å². The van der Waals surface area contributed by atoms with E-state index in [1.54, 1.807) is 12.1 Å². The third-order valence-corrected chi connectivity index (χ3v) is 3.23. The van der Waals surface area contributed by atoms with Gasteiger partial charge in [-0.05, 0) is 36.6 Å². The summed E-state index contributed by atoms with van der Waals surface area (Å²) in [6.07, 6.45) is 1.04. The lowest BCUT2D eigenvalue weighted by atomic mass is 10.1. The van der Waals surface area contributed by atoms with E-state index in [4.69, 9.17) is 21.9 Å². The van der Waals surface area contributed by atoms with Crippen LogP contribution in [0.3, 0.4) is 0 Å². The third kappa shape index (κ3) is 5.04. The van der Waals surface area contributed by atoms with E-state index in [1.807, 2.05) is 12.1 Å². The summed E-state index contributed by atoms with van der Waals surface area (Å²) < 4.78 is 5.16. The second-order valence-electron chi connectivity index (χ2n) is 5.33. The fourth-order valence-electron chi connectivity index (χ4n) is 1.73. The molecule has 0 unspecified atom stereocenters. The molecule has 7 heteroatoms. The highest BCUT2D eigenvalue weighted by Gasteiger charge is 2.08. The van der Waals surface area contributed by atoms with Gasteiger partial charge in [-0.3, -0.25) is 0 Å². The number of nitrogens with one attached hydrogen (secondary N) is 1. The fourth-order valence-corrected chi connectivity index (χ4v) is 1.86. The van der Waals surface area contributed by atoms with Gasteiger partial charge in [-0.2, -0.15) is 4.98 Å². The van der Waals surface area contributed by atoms with Crippen molar-refractivity contribution >= 4 is 17.6 Å². The second-order valence-corrected chi connectivity index (χ2v) is 5.77. The van der Waals surface area contributed by atoms with Crippen LogP contribution < -0.4 is 11.1 Å². The van der Waals surface area contributed by atoms with Crippen LogP contribution in [0.15, 0.2) is 33.8 Å².